The van der Waals surface area contributed by atoms with Gasteiger partial charge >= 0.3 is 0 Å². The van der Waals surface area contributed by atoms with E-state index in [1.165, 1.54) is 11.8 Å². The van der Waals surface area contributed by atoms with Gasteiger partial charge < -0.3 is 5.32 Å². The summed E-state index contributed by atoms with van der Waals surface area (Å²) in [5, 5.41) is 3.31. The molecule has 0 radical (unpaired) electrons. The number of rotatable bonds is 4. The van der Waals surface area contributed by atoms with Crippen LogP contribution in [0.5, 0.6) is 0 Å². The monoisotopic (exact) mass is 395 g/mol. The van der Waals surface area contributed by atoms with Crippen LogP contribution in [0.2, 0.25) is 5.02 Å². The molecule has 2 aromatic carbocycles. The first-order chi connectivity index (χ1) is 11.8. The number of amides is 1. The maximum absolute atomic E-state index is 12.7. The molecule has 4 nitrogen and oxygen atoms in total. The zero-order valence-corrected chi connectivity index (χ0v) is 16.0. The fraction of sp³-hybridized carbons (Fsp3) is 0.278. The lowest BCUT2D eigenvalue weighted by atomic mass is 10.2. The lowest BCUT2D eigenvalue weighted by molar-refractivity contribution is 0.102. The van der Waals surface area contributed by atoms with Crippen LogP contribution >= 0.6 is 23.4 Å². The number of hydrogen-bond acceptors (Lipinski definition) is 4. The van der Waals surface area contributed by atoms with Gasteiger partial charge in [0.15, 0.2) is 9.84 Å². The molecule has 0 spiro atoms. The van der Waals surface area contributed by atoms with Crippen molar-refractivity contribution in [2.24, 2.45) is 0 Å². The minimum atomic E-state index is -2.95. The van der Waals surface area contributed by atoms with Gasteiger partial charge in [-0.1, -0.05) is 29.8 Å². The van der Waals surface area contributed by atoms with E-state index >= 15 is 0 Å². The number of carbonyl (C=O) groups excluding carboxylic acids is 1. The highest BCUT2D eigenvalue weighted by atomic mass is 35.5. The van der Waals surface area contributed by atoms with Crippen molar-refractivity contribution in [3.8, 4) is 0 Å². The molecule has 0 saturated carbocycles. The van der Waals surface area contributed by atoms with Crippen LogP contribution in [0.1, 0.15) is 22.3 Å². The van der Waals surface area contributed by atoms with Crippen molar-refractivity contribution in [2.75, 3.05) is 16.8 Å². The molecule has 1 aliphatic rings. The molecule has 132 valence electrons. The molecule has 0 aromatic heterocycles. The number of halogens is 1. The maximum atomic E-state index is 12.7. The van der Waals surface area contributed by atoms with Crippen LogP contribution < -0.4 is 5.32 Å². The van der Waals surface area contributed by atoms with Gasteiger partial charge in [-0.3, -0.25) is 4.79 Å². The minimum Gasteiger partial charge on any atom is -0.321 e. The molecule has 1 heterocycles. The van der Waals surface area contributed by atoms with E-state index in [2.05, 4.69) is 5.32 Å². The Hall–Kier alpha value is -1.50. The summed E-state index contributed by atoms with van der Waals surface area (Å²) in [7, 11) is -2.95. The third-order valence-electron chi connectivity index (χ3n) is 3.99. The van der Waals surface area contributed by atoms with Gasteiger partial charge in [-0.15, -0.1) is 11.8 Å². The predicted molar refractivity (Wildman–Crippen MR) is 104 cm³/mol. The van der Waals surface area contributed by atoms with Gasteiger partial charge in [0.25, 0.3) is 5.91 Å². The van der Waals surface area contributed by atoms with E-state index in [1.807, 2.05) is 25.1 Å². The van der Waals surface area contributed by atoms with Crippen molar-refractivity contribution in [2.45, 2.75) is 23.5 Å². The number of carbonyl (C=O) groups is 1. The largest absolute Gasteiger partial charge is 0.321 e. The Morgan fingerprint density at radius 3 is 2.68 bits per heavy atom. The lowest BCUT2D eigenvalue weighted by Gasteiger charge is -2.13. The summed E-state index contributed by atoms with van der Waals surface area (Å²) in [4.78, 5) is 13.5. The van der Waals surface area contributed by atoms with E-state index in [9.17, 15) is 13.2 Å². The first-order valence-corrected chi connectivity index (χ1v) is 11.0. The van der Waals surface area contributed by atoms with Crippen molar-refractivity contribution in [3.05, 3.63) is 58.6 Å². The molecule has 1 atom stereocenters. The smallest absolute Gasteiger partial charge is 0.256 e. The van der Waals surface area contributed by atoms with Crippen LogP contribution in [0.4, 0.5) is 5.69 Å². The van der Waals surface area contributed by atoms with Crippen LogP contribution in [0.15, 0.2) is 47.4 Å². The fourth-order valence-corrected chi connectivity index (χ4v) is 6.61. The molecule has 7 heteroatoms. The second-order valence-electron chi connectivity index (χ2n) is 6.08. The predicted octanol–water partition coefficient (Wildman–Crippen LogP) is 4.18. The van der Waals surface area contributed by atoms with Crippen LogP contribution in [0, 0.1) is 6.92 Å². The van der Waals surface area contributed by atoms with Gasteiger partial charge in [0.05, 0.1) is 27.8 Å². The number of nitrogens with one attached hydrogen (secondary N) is 1. The molecule has 1 fully saturated rings. The lowest BCUT2D eigenvalue weighted by Crippen LogP contribution is -2.14. The Labute approximate surface area is 156 Å². The van der Waals surface area contributed by atoms with E-state index < -0.39 is 9.84 Å². The van der Waals surface area contributed by atoms with E-state index in [0.29, 0.717) is 22.7 Å². The average Bonchev–Trinajstić information content (AvgIpc) is 2.89. The summed E-state index contributed by atoms with van der Waals surface area (Å²) in [6, 6.07) is 12.7. The van der Waals surface area contributed by atoms with Crippen LogP contribution in [-0.2, 0) is 9.84 Å². The zero-order valence-electron chi connectivity index (χ0n) is 13.7. The van der Waals surface area contributed by atoms with Gasteiger partial charge in [-0.2, -0.15) is 0 Å². The highest BCUT2D eigenvalue weighted by molar-refractivity contribution is 8.02. The van der Waals surface area contributed by atoms with E-state index in [4.69, 9.17) is 11.6 Å². The number of aryl methyl sites for hydroxylation is 1. The van der Waals surface area contributed by atoms with Crippen molar-refractivity contribution in [1.82, 2.24) is 0 Å². The Balaban J connectivity index is 1.79. The molecule has 25 heavy (non-hydrogen) atoms. The number of hydrogen-bond donors (Lipinski definition) is 1. The SMILES string of the molecule is Cc1ccc(NC(=O)c2ccccc2SC2CCS(=O)(=O)C2)c(Cl)c1. The Morgan fingerprint density at radius 1 is 1.24 bits per heavy atom. The van der Waals surface area contributed by atoms with E-state index in [1.54, 1.807) is 24.3 Å². The van der Waals surface area contributed by atoms with Crippen molar-refractivity contribution in [3.63, 3.8) is 0 Å². The molecule has 1 amide bonds. The van der Waals surface area contributed by atoms with Crippen molar-refractivity contribution < 1.29 is 13.2 Å². The molecule has 0 aliphatic carbocycles. The topological polar surface area (TPSA) is 63.2 Å². The summed E-state index contributed by atoms with van der Waals surface area (Å²) in [6.07, 6.45) is 0.618. The van der Waals surface area contributed by atoms with Gasteiger partial charge in [-0.25, -0.2) is 8.42 Å². The Kier molecular flexibility index (Phi) is 5.41. The molecule has 0 bridgehead atoms. The average molecular weight is 396 g/mol. The minimum absolute atomic E-state index is 0.0121. The van der Waals surface area contributed by atoms with Gasteiger partial charge in [0, 0.05) is 10.1 Å². The van der Waals surface area contributed by atoms with E-state index in [0.717, 1.165) is 10.5 Å². The first kappa shape index (κ1) is 18.3. The molecule has 1 aliphatic heterocycles. The Morgan fingerprint density at radius 2 is 2.00 bits per heavy atom. The maximum Gasteiger partial charge on any atom is 0.256 e. The third-order valence-corrected chi connectivity index (χ3v) is 7.63. The molecular weight excluding hydrogens is 378 g/mol. The number of thioether (sulfide) groups is 1. The highest BCUT2D eigenvalue weighted by Gasteiger charge is 2.29. The molecule has 3 rings (SSSR count). The van der Waals surface area contributed by atoms with Crippen molar-refractivity contribution in [1.29, 1.82) is 0 Å². The standard InChI is InChI=1S/C18H18ClNO3S2/c1-12-6-7-16(15(19)10-12)20-18(21)14-4-2-3-5-17(14)24-13-8-9-25(22,23)11-13/h2-7,10,13H,8-9,11H2,1H3,(H,20,21). The number of benzene rings is 2. The molecule has 1 saturated heterocycles. The van der Waals surface area contributed by atoms with Crippen LogP contribution in [0.3, 0.4) is 0 Å². The highest BCUT2D eigenvalue weighted by Crippen LogP contribution is 2.33. The van der Waals surface area contributed by atoms with Crippen LogP contribution in [-0.4, -0.2) is 31.1 Å². The fourth-order valence-electron chi connectivity index (χ4n) is 2.70. The number of sulfone groups is 1. The third kappa shape index (κ3) is 4.57. The second-order valence-corrected chi connectivity index (χ2v) is 10.1. The summed E-state index contributed by atoms with van der Waals surface area (Å²) in [5.74, 6) is 0.129. The van der Waals surface area contributed by atoms with Crippen molar-refractivity contribution >= 4 is 44.8 Å². The quantitative estimate of drug-likeness (QED) is 0.843. The summed E-state index contributed by atoms with van der Waals surface area (Å²) >= 11 is 7.64. The summed E-state index contributed by atoms with van der Waals surface area (Å²) < 4.78 is 23.3. The van der Waals surface area contributed by atoms with Crippen LogP contribution in [0.25, 0.3) is 0 Å². The van der Waals surface area contributed by atoms with Gasteiger partial charge in [-0.05, 0) is 43.2 Å². The summed E-state index contributed by atoms with van der Waals surface area (Å²) in [5.41, 5.74) is 2.09. The number of anilines is 1. The molecule has 2 aromatic rings. The second kappa shape index (κ2) is 7.40. The van der Waals surface area contributed by atoms with Gasteiger partial charge in [0.1, 0.15) is 0 Å². The normalized spacial score (nSPS) is 18.9. The zero-order chi connectivity index (χ0) is 18.0. The molecule has 1 unspecified atom stereocenters. The summed E-state index contributed by atoms with van der Waals surface area (Å²) in [6.45, 7) is 1.93. The molecule has 1 N–H and O–H groups in total. The van der Waals surface area contributed by atoms with E-state index in [-0.39, 0.29) is 22.7 Å². The first-order valence-electron chi connectivity index (χ1n) is 7.88. The van der Waals surface area contributed by atoms with Gasteiger partial charge in [0.2, 0.25) is 0 Å². The Bertz CT molecular complexity index is 912. The molecular formula is C18H18ClNO3S2.